The molecule has 0 saturated carbocycles. The molecule has 102 valence electrons. The first kappa shape index (κ1) is 15.0. The lowest BCUT2D eigenvalue weighted by Gasteiger charge is -2.24. The first-order valence-electron chi connectivity index (χ1n) is 6.67. The molecule has 0 heterocycles. The van der Waals surface area contributed by atoms with Crippen LogP contribution in [0.5, 0.6) is 0 Å². The van der Waals surface area contributed by atoms with Gasteiger partial charge in [0, 0.05) is 32.4 Å². The lowest BCUT2D eigenvalue weighted by atomic mass is 10.1. The van der Waals surface area contributed by atoms with Crippen LogP contribution in [0.1, 0.15) is 19.4 Å². The van der Waals surface area contributed by atoms with Crippen molar-refractivity contribution in [1.82, 2.24) is 4.90 Å². The van der Waals surface area contributed by atoms with Crippen molar-refractivity contribution in [1.29, 1.82) is 0 Å². The predicted octanol–water partition coefficient (Wildman–Crippen LogP) is 2.42. The van der Waals surface area contributed by atoms with Crippen LogP contribution in [0.4, 0.5) is 5.69 Å². The van der Waals surface area contributed by atoms with Gasteiger partial charge in [-0.2, -0.15) is 0 Å². The summed E-state index contributed by atoms with van der Waals surface area (Å²) in [7, 11) is 1.76. The van der Waals surface area contributed by atoms with Gasteiger partial charge >= 0.3 is 0 Å². The van der Waals surface area contributed by atoms with Gasteiger partial charge in [0.05, 0.1) is 6.61 Å². The molecule has 0 aliphatic rings. The van der Waals surface area contributed by atoms with Crippen LogP contribution in [0.15, 0.2) is 24.3 Å². The zero-order valence-electron chi connectivity index (χ0n) is 11.9. The average Bonchev–Trinajstić information content (AvgIpc) is 2.32. The summed E-state index contributed by atoms with van der Waals surface area (Å²) < 4.78 is 5.16. The summed E-state index contributed by atoms with van der Waals surface area (Å²) in [6.07, 6.45) is 1.04. The van der Waals surface area contributed by atoms with Gasteiger partial charge in [0.25, 0.3) is 0 Å². The number of ether oxygens (including phenoxy) is 1. The maximum absolute atomic E-state index is 5.79. The number of nitrogens with two attached hydrogens (primary N) is 1. The van der Waals surface area contributed by atoms with E-state index in [0.29, 0.717) is 5.92 Å². The normalized spacial score (nSPS) is 11.4. The van der Waals surface area contributed by atoms with E-state index in [1.807, 2.05) is 12.1 Å². The van der Waals surface area contributed by atoms with Gasteiger partial charge in [-0.3, -0.25) is 0 Å². The van der Waals surface area contributed by atoms with Gasteiger partial charge in [-0.05, 0) is 30.0 Å². The van der Waals surface area contributed by atoms with E-state index < -0.39 is 0 Å². The quantitative estimate of drug-likeness (QED) is 0.720. The molecule has 3 nitrogen and oxygen atoms in total. The summed E-state index contributed by atoms with van der Waals surface area (Å²) in [5, 5.41) is 0. The summed E-state index contributed by atoms with van der Waals surface area (Å²) >= 11 is 0. The fourth-order valence-corrected chi connectivity index (χ4v) is 2.07. The number of nitrogens with zero attached hydrogens (tertiary/aromatic N) is 1. The van der Waals surface area contributed by atoms with Gasteiger partial charge in [-0.15, -0.1) is 0 Å². The molecule has 0 saturated heterocycles. The van der Waals surface area contributed by atoms with Crippen LogP contribution < -0.4 is 5.73 Å². The molecule has 0 aliphatic carbocycles. The van der Waals surface area contributed by atoms with Gasteiger partial charge < -0.3 is 15.4 Å². The molecule has 0 radical (unpaired) electrons. The maximum atomic E-state index is 5.79. The van der Waals surface area contributed by atoms with Crippen molar-refractivity contribution in [2.24, 2.45) is 5.92 Å². The smallest absolute Gasteiger partial charge is 0.0589 e. The molecule has 0 aromatic heterocycles. The highest BCUT2D eigenvalue weighted by Crippen LogP contribution is 2.08. The number of rotatable bonds is 8. The zero-order valence-corrected chi connectivity index (χ0v) is 11.9. The van der Waals surface area contributed by atoms with Crippen LogP contribution in [0.25, 0.3) is 0 Å². The molecule has 1 rings (SSSR count). The number of benzene rings is 1. The van der Waals surface area contributed by atoms with E-state index in [2.05, 4.69) is 30.9 Å². The van der Waals surface area contributed by atoms with E-state index in [9.17, 15) is 0 Å². The molecule has 0 fully saturated rings. The van der Waals surface area contributed by atoms with Crippen LogP contribution in [0.2, 0.25) is 0 Å². The Kier molecular flexibility index (Phi) is 6.76. The number of methoxy groups -OCH3 is 1. The van der Waals surface area contributed by atoms with Crippen LogP contribution in [0, 0.1) is 5.92 Å². The van der Waals surface area contributed by atoms with Crippen molar-refractivity contribution in [2.45, 2.75) is 20.3 Å². The van der Waals surface area contributed by atoms with Gasteiger partial charge in [0.15, 0.2) is 0 Å². The van der Waals surface area contributed by atoms with E-state index in [4.69, 9.17) is 10.5 Å². The van der Waals surface area contributed by atoms with Crippen molar-refractivity contribution in [2.75, 3.05) is 39.1 Å². The third kappa shape index (κ3) is 6.03. The second-order valence-electron chi connectivity index (χ2n) is 5.18. The van der Waals surface area contributed by atoms with Crippen molar-refractivity contribution >= 4 is 5.69 Å². The minimum atomic E-state index is 0.683. The van der Waals surface area contributed by atoms with Crippen molar-refractivity contribution < 1.29 is 4.74 Å². The third-order valence-corrected chi connectivity index (χ3v) is 2.90. The Labute approximate surface area is 111 Å². The predicted molar refractivity (Wildman–Crippen MR) is 77.7 cm³/mol. The Hall–Kier alpha value is -1.06. The molecule has 0 bridgehead atoms. The van der Waals surface area contributed by atoms with Crippen LogP contribution in [-0.4, -0.2) is 38.3 Å². The highest BCUT2D eigenvalue weighted by molar-refractivity contribution is 5.40. The largest absolute Gasteiger partial charge is 0.399 e. The Bertz CT molecular complexity index is 339. The minimum Gasteiger partial charge on any atom is -0.399 e. The molecular weight excluding hydrogens is 224 g/mol. The van der Waals surface area contributed by atoms with Crippen LogP contribution in [0.3, 0.4) is 0 Å². The summed E-state index contributed by atoms with van der Waals surface area (Å²) in [5.41, 5.74) is 7.95. The van der Waals surface area contributed by atoms with Gasteiger partial charge in [-0.1, -0.05) is 26.0 Å². The summed E-state index contributed by atoms with van der Waals surface area (Å²) in [4.78, 5) is 2.46. The monoisotopic (exact) mass is 250 g/mol. The molecule has 0 amide bonds. The first-order valence-corrected chi connectivity index (χ1v) is 6.67. The third-order valence-electron chi connectivity index (χ3n) is 2.90. The highest BCUT2D eigenvalue weighted by Gasteiger charge is 2.07. The molecule has 18 heavy (non-hydrogen) atoms. The Morgan fingerprint density at radius 3 is 2.67 bits per heavy atom. The van der Waals surface area contributed by atoms with Crippen LogP contribution in [-0.2, 0) is 11.2 Å². The van der Waals surface area contributed by atoms with E-state index in [0.717, 1.165) is 38.3 Å². The fraction of sp³-hybridized carbons (Fsp3) is 0.600. The minimum absolute atomic E-state index is 0.683. The van der Waals surface area contributed by atoms with Gasteiger partial charge in [0.1, 0.15) is 0 Å². The van der Waals surface area contributed by atoms with E-state index in [-0.39, 0.29) is 0 Å². The SMILES string of the molecule is COCCN(CCc1cccc(N)c1)CC(C)C. The number of hydrogen-bond donors (Lipinski definition) is 1. The Morgan fingerprint density at radius 1 is 1.28 bits per heavy atom. The summed E-state index contributed by atoms with van der Waals surface area (Å²) in [5.74, 6) is 0.683. The second kappa shape index (κ2) is 8.11. The molecule has 0 atom stereocenters. The fourth-order valence-electron chi connectivity index (χ4n) is 2.07. The molecule has 0 unspecified atom stereocenters. The topological polar surface area (TPSA) is 38.5 Å². The van der Waals surface area contributed by atoms with Gasteiger partial charge in [0.2, 0.25) is 0 Å². The van der Waals surface area contributed by atoms with Crippen LogP contribution >= 0.6 is 0 Å². The van der Waals surface area contributed by atoms with Crippen molar-refractivity contribution in [3.63, 3.8) is 0 Å². The molecule has 0 spiro atoms. The number of anilines is 1. The molecule has 1 aromatic carbocycles. The summed E-state index contributed by atoms with van der Waals surface area (Å²) in [6.45, 7) is 8.47. The molecule has 2 N–H and O–H groups in total. The molecule has 1 aromatic rings. The lowest BCUT2D eigenvalue weighted by Crippen LogP contribution is -2.32. The number of hydrogen-bond acceptors (Lipinski definition) is 3. The van der Waals surface area contributed by atoms with Gasteiger partial charge in [-0.25, -0.2) is 0 Å². The van der Waals surface area contributed by atoms with Crippen molar-refractivity contribution in [3.05, 3.63) is 29.8 Å². The van der Waals surface area contributed by atoms with E-state index in [1.165, 1.54) is 5.56 Å². The van der Waals surface area contributed by atoms with Crippen molar-refractivity contribution in [3.8, 4) is 0 Å². The molecule has 0 aliphatic heterocycles. The highest BCUT2D eigenvalue weighted by atomic mass is 16.5. The van der Waals surface area contributed by atoms with E-state index >= 15 is 0 Å². The molecular formula is C15H26N2O. The maximum Gasteiger partial charge on any atom is 0.0589 e. The average molecular weight is 250 g/mol. The lowest BCUT2D eigenvalue weighted by molar-refractivity contribution is 0.141. The Balaban J connectivity index is 2.44. The first-order chi connectivity index (χ1) is 8.61. The standard InChI is InChI=1S/C15H26N2O/c1-13(2)12-17(9-10-18-3)8-7-14-5-4-6-15(16)11-14/h4-6,11,13H,7-10,12,16H2,1-3H3. The number of nitrogen functional groups attached to an aromatic ring is 1. The zero-order chi connectivity index (χ0) is 13.4. The second-order valence-corrected chi connectivity index (χ2v) is 5.18. The Morgan fingerprint density at radius 2 is 2.06 bits per heavy atom. The molecule has 3 heteroatoms. The van der Waals surface area contributed by atoms with E-state index in [1.54, 1.807) is 7.11 Å². The summed E-state index contributed by atoms with van der Waals surface area (Å²) in [6, 6.07) is 8.15.